The van der Waals surface area contributed by atoms with Crippen molar-refractivity contribution in [2.75, 3.05) is 32.8 Å². The van der Waals surface area contributed by atoms with E-state index < -0.39 is 5.82 Å². The van der Waals surface area contributed by atoms with Gasteiger partial charge in [-0.05, 0) is 31.9 Å². The van der Waals surface area contributed by atoms with Crippen LogP contribution in [0.1, 0.15) is 29.0 Å². The average Bonchev–Trinajstić information content (AvgIpc) is 3.37. The summed E-state index contributed by atoms with van der Waals surface area (Å²) in [6.45, 7) is 3.80. The Morgan fingerprint density at radius 3 is 2.59 bits per heavy atom. The number of aryl methyl sites for hydroxylation is 1. The van der Waals surface area contributed by atoms with E-state index in [1.54, 1.807) is 16.7 Å². The number of hydrogen-bond acceptors (Lipinski definition) is 5. The molecule has 2 amide bonds. The molecule has 0 bridgehead atoms. The standard InChI is InChI=1S/C20H21ClFN3O4/c1-12-16(18(23-29-12)17-13(21)4-2-5-14(17)22)20(27)25-9-7-24(8-10-25)19(26)15-6-3-11-28-15/h2,4-5,15H,3,6-11H2,1H3. The number of piperazine rings is 1. The van der Waals surface area contributed by atoms with E-state index >= 15 is 0 Å². The van der Waals surface area contributed by atoms with Crippen molar-refractivity contribution in [3.05, 3.63) is 40.4 Å². The largest absolute Gasteiger partial charge is 0.368 e. The van der Waals surface area contributed by atoms with E-state index in [-0.39, 0.29) is 39.8 Å². The van der Waals surface area contributed by atoms with Gasteiger partial charge in [-0.25, -0.2) is 4.39 Å². The SMILES string of the molecule is Cc1onc(-c2c(F)cccc2Cl)c1C(=O)N1CCN(C(=O)C2CCCO2)CC1. The average molecular weight is 422 g/mol. The summed E-state index contributed by atoms with van der Waals surface area (Å²) in [5.74, 6) is -0.620. The molecule has 0 spiro atoms. The number of carbonyl (C=O) groups excluding carboxylic acids is 2. The number of benzene rings is 1. The molecule has 9 heteroatoms. The molecule has 4 rings (SSSR count). The molecule has 1 aromatic carbocycles. The highest BCUT2D eigenvalue weighted by atomic mass is 35.5. The smallest absolute Gasteiger partial charge is 0.259 e. The second-order valence-electron chi connectivity index (χ2n) is 7.18. The summed E-state index contributed by atoms with van der Waals surface area (Å²) in [6, 6.07) is 4.28. The quantitative estimate of drug-likeness (QED) is 0.761. The molecular formula is C20H21ClFN3O4. The van der Waals surface area contributed by atoms with Crippen LogP contribution in [0.5, 0.6) is 0 Å². The normalized spacial score (nSPS) is 19.6. The number of ether oxygens (including phenoxy) is 1. The van der Waals surface area contributed by atoms with Gasteiger partial charge < -0.3 is 19.1 Å². The Hall–Kier alpha value is -2.45. The van der Waals surface area contributed by atoms with Crippen molar-refractivity contribution in [3.8, 4) is 11.3 Å². The summed E-state index contributed by atoms with van der Waals surface area (Å²) in [5.41, 5.74) is 0.325. The van der Waals surface area contributed by atoms with E-state index in [0.29, 0.717) is 38.5 Å². The van der Waals surface area contributed by atoms with Crippen molar-refractivity contribution < 1.29 is 23.2 Å². The molecule has 2 aliphatic rings. The fourth-order valence-corrected chi connectivity index (χ4v) is 4.04. The lowest BCUT2D eigenvalue weighted by molar-refractivity contribution is -0.142. The van der Waals surface area contributed by atoms with Crippen LogP contribution in [0.3, 0.4) is 0 Å². The number of hydrogen-bond donors (Lipinski definition) is 0. The second-order valence-corrected chi connectivity index (χ2v) is 7.59. The molecule has 2 saturated heterocycles. The molecule has 0 saturated carbocycles. The van der Waals surface area contributed by atoms with Gasteiger partial charge in [-0.3, -0.25) is 9.59 Å². The first-order chi connectivity index (χ1) is 14.0. The summed E-state index contributed by atoms with van der Waals surface area (Å²) in [5, 5.41) is 4.04. The Bertz CT molecular complexity index is 914. The third-order valence-corrected chi connectivity index (χ3v) is 5.67. The van der Waals surface area contributed by atoms with Crippen LogP contribution in [0.2, 0.25) is 5.02 Å². The fourth-order valence-electron chi connectivity index (χ4n) is 3.78. The zero-order valence-corrected chi connectivity index (χ0v) is 16.7. The summed E-state index contributed by atoms with van der Waals surface area (Å²) in [4.78, 5) is 29.0. The first kappa shape index (κ1) is 19.8. The van der Waals surface area contributed by atoms with Gasteiger partial charge in [-0.1, -0.05) is 22.8 Å². The van der Waals surface area contributed by atoms with E-state index in [4.69, 9.17) is 20.9 Å². The Morgan fingerprint density at radius 1 is 1.21 bits per heavy atom. The predicted molar refractivity (Wildman–Crippen MR) is 103 cm³/mol. The maximum absolute atomic E-state index is 14.4. The van der Waals surface area contributed by atoms with Crippen molar-refractivity contribution in [1.82, 2.24) is 15.0 Å². The molecule has 0 N–H and O–H groups in total. The minimum Gasteiger partial charge on any atom is -0.368 e. The molecule has 2 aromatic rings. The van der Waals surface area contributed by atoms with Crippen LogP contribution in [0.4, 0.5) is 4.39 Å². The van der Waals surface area contributed by atoms with Crippen LogP contribution in [0, 0.1) is 12.7 Å². The van der Waals surface area contributed by atoms with E-state index in [2.05, 4.69) is 5.16 Å². The zero-order chi connectivity index (χ0) is 20.5. The summed E-state index contributed by atoms with van der Waals surface area (Å²) in [7, 11) is 0. The van der Waals surface area contributed by atoms with Gasteiger partial charge in [-0.2, -0.15) is 0 Å². The molecule has 0 aliphatic carbocycles. The van der Waals surface area contributed by atoms with Crippen LogP contribution >= 0.6 is 11.6 Å². The molecule has 154 valence electrons. The van der Waals surface area contributed by atoms with Gasteiger partial charge in [0.15, 0.2) is 0 Å². The monoisotopic (exact) mass is 421 g/mol. The lowest BCUT2D eigenvalue weighted by Crippen LogP contribution is -2.52. The van der Waals surface area contributed by atoms with Crippen LogP contribution in [-0.2, 0) is 9.53 Å². The molecule has 7 nitrogen and oxygen atoms in total. The maximum Gasteiger partial charge on any atom is 0.259 e. The van der Waals surface area contributed by atoms with Gasteiger partial charge in [0.05, 0.1) is 10.6 Å². The summed E-state index contributed by atoms with van der Waals surface area (Å²) in [6.07, 6.45) is 1.26. The van der Waals surface area contributed by atoms with Crippen molar-refractivity contribution in [3.63, 3.8) is 0 Å². The molecule has 1 atom stereocenters. The predicted octanol–water partition coefficient (Wildman–Crippen LogP) is 2.91. The number of halogens is 2. The van der Waals surface area contributed by atoms with E-state index in [1.807, 2.05) is 0 Å². The molecular weight excluding hydrogens is 401 g/mol. The minimum atomic E-state index is -0.577. The lowest BCUT2D eigenvalue weighted by Gasteiger charge is -2.35. The molecule has 1 unspecified atom stereocenters. The van der Waals surface area contributed by atoms with Crippen LogP contribution in [0.25, 0.3) is 11.3 Å². The maximum atomic E-state index is 14.4. The fraction of sp³-hybridized carbons (Fsp3) is 0.450. The van der Waals surface area contributed by atoms with E-state index in [1.165, 1.54) is 18.2 Å². The molecule has 2 fully saturated rings. The first-order valence-corrected chi connectivity index (χ1v) is 9.95. The number of rotatable bonds is 3. The van der Waals surface area contributed by atoms with Gasteiger partial charge in [0.1, 0.15) is 28.9 Å². The number of aromatic nitrogens is 1. The highest BCUT2D eigenvalue weighted by molar-refractivity contribution is 6.33. The van der Waals surface area contributed by atoms with E-state index in [9.17, 15) is 14.0 Å². The zero-order valence-electron chi connectivity index (χ0n) is 16.0. The van der Waals surface area contributed by atoms with Crippen LogP contribution in [-0.4, -0.2) is 65.7 Å². The third-order valence-electron chi connectivity index (χ3n) is 5.36. The van der Waals surface area contributed by atoms with Crippen molar-refractivity contribution in [2.24, 2.45) is 0 Å². The molecule has 2 aliphatic heterocycles. The Morgan fingerprint density at radius 2 is 1.93 bits per heavy atom. The number of amides is 2. The third kappa shape index (κ3) is 3.74. The Balaban J connectivity index is 1.51. The van der Waals surface area contributed by atoms with Crippen molar-refractivity contribution in [1.29, 1.82) is 0 Å². The molecule has 0 radical (unpaired) electrons. The topological polar surface area (TPSA) is 75.9 Å². The van der Waals surface area contributed by atoms with Gasteiger partial charge in [0.2, 0.25) is 0 Å². The number of carbonyl (C=O) groups is 2. The van der Waals surface area contributed by atoms with Crippen molar-refractivity contribution >= 4 is 23.4 Å². The van der Waals surface area contributed by atoms with Crippen molar-refractivity contribution in [2.45, 2.75) is 25.9 Å². The van der Waals surface area contributed by atoms with Crippen LogP contribution < -0.4 is 0 Å². The Labute approximate surface area is 172 Å². The van der Waals surface area contributed by atoms with E-state index in [0.717, 1.165) is 12.8 Å². The first-order valence-electron chi connectivity index (χ1n) is 9.57. The van der Waals surface area contributed by atoms with Gasteiger partial charge in [0, 0.05) is 32.8 Å². The van der Waals surface area contributed by atoms with Gasteiger partial charge in [-0.15, -0.1) is 0 Å². The molecule has 29 heavy (non-hydrogen) atoms. The lowest BCUT2D eigenvalue weighted by atomic mass is 10.0. The minimum absolute atomic E-state index is 0.0189. The Kier molecular flexibility index (Phi) is 5.56. The summed E-state index contributed by atoms with van der Waals surface area (Å²) >= 11 is 6.15. The molecule has 3 heterocycles. The van der Waals surface area contributed by atoms with Crippen LogP contribution in [0.15, 0.2) is 22.7 Å². The highest BCUT2D eigenvalue weighted by Gasteiger charge is 2.34. The summed E-state index contributed by atoms with van der Waals surface area (Å²) < 4.78 is 25.0. The van der Waals surface area contributed by atoms with Gasteiger partial charge >= 0.3 is 0 Å². The number of nitrogens with zero attached hydrogens (tertiary/aromatic N) is 3. The molecule has 1 aromatic heterocycles. The highest BCUT2D eigenvalue weighted by Crippen LogP contribution is 2.34. The second kappa shape index (κ2) is 8.12. The van der Waals surface area contributed by atoms with Gasteiger partial charge in [0.25, 0.3) is 11.8 Å².